The molecular weight excluding hydrogens is 165 g/mol. The predicted octanol–water partition coefficient (Wildman–Crippen LogP) is 1.98. The summed E-state index contributed by atoms with van der Waals surface area (Å²) in [6.45, 7) is 2.19. The first-order valence-electron chi connectivity index (χ1n) is 4.80. The van der Waals surface area contributed by atoms with Crippen molar-refractivity contribution in [1.29, 1.82) is 0 Å². The van der Waals surface area contributed by atoms with Gasteiger partial charge in [-0.2, -0.15) is 0 Å². The number of benzene rings is 1. The smallest absolute Gasteiger partial charge is 0.123 e. The van der Waals surface area contributed by atoms with Crippen molar-refractivity contribution in [3.8, 4) is 0 Å². The Bertz CT molecular complexity index is 279. The van der Waals surface area contributed by atoms with Crippen molar-refractivity contribution in [2.75, 3.05) is 13.1 Å². The highest BCUT2D eigenvalue weighted by Crippen LogP contribution is 2.15. The zero-order valence-corrected chi connectivity index (χ0v) is 7.59. The van der Waals surface area contributed by atoms with Crippen LogP contribution in [0.15, 0.2) is 24.3 Å². The molecule has 2 heteroatoms. The minimum Gasteiger partial charge on any atom is -0.316 e. The van der Waals surface area contributed by atoms with E-state index in [1.807, 2.05) is 6.07 Å². The molecule has 1 aromatic carbocycles. The number of rotatable bonds is 2. The zero-order valence-electron chi connectivity index (χ0n) is 7.59. The summed E-state index contributed by atoms with van der Waals surface area (Å²) in [5, 5.41) is 3.31. The summed E-state index contributed by atoms with van der Waals surface area (Å²) in [5.74, 6) is 0.574. The monoisotopic (exact) mass is 179 g/mol. The second kappa shape index (κ2) is 3.88. The summed E-state index contributed by atoms with van der Waals surface area (Å²) < 4.78 is 12.8. The van der Waals surface area contributed by atoms with Gasteiger partial charge >= 0.3 is 0 Å². The van der Waals surface area contributed by atoms with Gasteiger partial charge in [-0.15, -0.1) is 0 Å². The summed E-state index contributed by atoms with van der Waals surface area (Å²) in [6.07, 6.45) is 2.22. The average molecular weight is 179 g/mol. The quantitative estimate of drug-likeness (QED) is 0.732. The fourth-order valence-corrected chi connectivity index (χ4v) is 1.89. The van der Waals surface area contributed by atoms with E-state index < -0.39 is 0 Å². The lowest BCUT2D eigenvalue weighted by atomic mass is 9.99. The van der Waals surface area contributed by atoms with E-state index in [0.29, 0.717) is 5.92 Å². The minimum absolute atomic E-state index is 0.122. The Balaban J connectivity index is 2.00. The Morgan fingerprint density at radius 1 is 1.46 bits per heavy atom. The molecule has 1 nitrogen and oxygen atoms in total. The molecule has 70 valence electrons. The second-order valence-electron chi connectivity index (χ2n) is 3.69. The van der Waals surface area contributed by atoms with Crippen LogP contribution in [-0.2, 0) is 6.42 Å². The van der Waals surface area contributed by atoms with Gasteiger partial charge < -0.3 is 5.32 Å². The van der Waals surface area contributed by atoms with Crippen LogP contribution in [0.2, 0.25) is 0 Å². The molecule has 1 saturated heterocycles. The maximum Gasteiger partial charge on any atom is 0.123 e. The van der Waals surface area contributed by atoms with Gasteiger partial charge in [-0.05, 0) is 49.5 Å². The minimum atomic E-state index is -0.122. The lowest BCUT2D eigenvalue weighted by Gasteiger charge is -2.07. The molecule has 1 fully saturated rings. The predicted molar refractivity (Wildman–Crippen MR) is 51.1 cm³/mol. The highest BCUT2D eigenvalue weighted by atomic mass is 19.1. The number of halogens is 1. The highest BCUT2D eigenvalue weighted by molar-refractivity contribution is 5.17. The lowest BCUT2D eigenvalue weighted by molar-refractivity contribution is 0.573. The Labute approximate surface area is 78.0 Å². The molecule has 0 amide bonds. The maximum absolute atomic E-state index is 12.8. The van der Waals surface area contributed by atoms with E-state index in [1.54, 1.807) is 12.1 Å². The second-order valence-corrected chi connectivity index (χ2v) is 3.69. The number of hydrogen-bond donors (Lipinski definition) is 1. The molecule has 2 rings (SSSR count). The van der Waals surface area contributed by atoms with Crippen LogP contribution in [0.3, 0.4) is 0 Å². The van der Waals surface area contributed by atoms with Crippen LogP contribution < -0.4 is 5.32 Å². The van der Waals surface area contributed by atoms with Crippen LogP contribution in [0, 0.1) is 11.7 Å². The summed E-state index contributed by atoms with van der Waals surface area (Å²) in [4.78, 5) is 0. The van der Waals surface area contributed by atoms with Gasteiger partial charge in [0, 0.05) is 0 Å². The van der Waals surface area contributed by atoms with E-state index in [4.69, 9.17) is 0 Å². The average Bonchev–Trinajstić information content (AvgIpc) is 2.57. The lowest BCUT2D eigenvalue weighted by Crippen LogP contribution is -2.10. The molecule has 0 aliphatic carbocycles. The Morgan fingerprint density at radius 2 is 2.38 bits per heavy atom. The fraction of sp³-hybridized carbons (Fsp3) is 0.455. The van der Waals surface area contributed by atoms with Crippen molar-refractivity contribution >= 4 is 0 Å². The summed E-state index contributed by atoms with van der Waals surface area (Å²) in [7, 11) is 0. The van der Waals surface area contributed by atoms with Gasteiger partial charge in [0.1, 0.15) is 5.82 Å². The van der Waals surface area contributed by atoms with E-state index in [2.05, 4.69) is 5.32 Å². The van der Waals surface area contributed by atoms with Gasteiger partial charge in [0.05, 0.1) is 0 Å². The van der Waals surface area contributed by atoms with Crippen molar-refractivity contribution in [2.45, 2.75) is 12.8 Å². The molecular formula is C11H14FN. The Kier molecular flexibility index (Phi) is 2.60. The van der Waals surface area contributed by atoms with Gasteiger partial charge in [-0.25, -0.2) is 4.39 Å². The molecule has 1 aliphatic rings. The fourth-order valence-electron chi connectivity index (χ4n) is 1.89. The van der Waals surface area contributed by atoms with Gasteiger partial charge in [-0.1, -0.05) is 12.1 Å². The van der Waals surface area contributed by atoms with Crippen molar-refractivity contribution < 1.29 is 4.39 Å². The largest absolute Gasteiger partial charge is 0.316 e. The van der Waals surface area contributed by atoms with Gasteiger partial charge in [0.15, 0.2) is 0 Å². The van der Waals surface area contributed by atoms with Crippen molar-refractivity contribution in [1.82, 2.24) is 5.32 Å². The van der Waals surface area contributed by atoms with E-state index in [1.165, 1.54) is 12.5 Å². The molecule has 0 bridgehead atoms. The van der Waals surface area contributed by atoms with Crippen molar-refractivity contribution in [3.05, 3.63) is 35.6 Å². The van der Waals surface area contributed by atoms with Crippen LogP contribution in [0.4, 0.5) is 4.39 Å². The van der Waals surface area contributed by atoms with E-state index >= 15 is 0 Å². The molecule has 0 unspecified atom stereocenters. The Morgan fingerprint density at radius 3 is 3.08 bits per heavy atom. The van der Waals surface area contributed by atoms with Crippen molar-refractivity contribution in [3.63, 3.8) is 0 Å². The third kappa shape index (κ3) is 2.28. The highest BCUT2D eigenvalue weighted by Gasteiger charge is 2.14. The summed E-state index contributed by atoms with van der Waals surface area (Å²) >= 11 is 0. The van der Waals surface area contributed by atoms with Crippen LogP contribution in [0.5, 0.6) is 0 Å². The van der Waals surface area contributed by atoms with Crippen LogP contribution in [-0.4, -0.2) is 13.1 Å². The molecule has 0 spiro atoms. The molecule has 1 aromatic rings. The number of hydrogen-bond acceptors (Lipinski definition) is 1. The van der Waals surface area contributed by atoms with Crippen LogP contribution >= 0.6 is 0 Å². The molecule has 1 N–H and O–H groups in total. The first-order chi connectivity index (χ1) is 6.34. The zero-order chi connectivity index (χ0) is 9.10. The number of nitrogens with one attached hydrogen (secondary N) is 1. The molecule has 13 heavy (non-hydrogen) atoms. The van der Waals surface area contributed by atoms with Gasteiger partial charge in [0.2, 0.25) is 0 Å². The SMILES string of the molecule is Fc1cccc(C[C@@H]2CCNC2)c1. The standard InChI is InChI=1S/C11H14FN/c12-11-3-1-2-9(7-11)6-10-4-5-13-8-10/h1-3,7,10,13H,4-6,8H2/t10-/m0/s1. The summed E-state index contributed by atoms with van der Waals surface area (Å²) in [5.41, 5.74) is 1.12. The molecule has 1 heterocycles. The third-order valence-electron chi connectivity index (χ3n) is 2.58. The third-order valence-corrected chi connectivity index (χ3v) is 2.58. The van der Waals surface area contributed by atoms with Crippen LogP contribution in [0.1, 0.15) is 12.0 Å². The van der Waals surface area contributed by atoms with Crippen molar-refractivity contribution in [2.24, 2.45) is 5.92 Å². The molecule has 0 aromatic heterocycles. The molecule has 1 atom stereocenters. The topological polar surface area (TPSA) is 12.0 Å². The summed E-state index contributed by atoms with van der Waals surface area (Å²) in [6, 6.07) is 6.92. The van der Waals surface area contributed by atoms with Crippen LogP contribution in [0.25, 0.3) is 0 Å². The first-order valence-corrected chi connectivity index (χ1v) is 4.80. The first kappa shape index (κ1) is 8.70. The van der Waals surface area contributed by atoms with E-state index in [9.17, 15) is 4.39 Å². The Hall–Kier alpha value is -0.890. The molecule has 1 aliphatic heterocycles. The normalized spacial score (nSPS) is 22.1. The van der Waals surface area contributed by atoms with E-state index in [-0.39, 0.29) is 5.82 Å². The van der Waals surface area contributed by atoms with Gasteiger partial charge in [0.25, 0.3) is 0 Å². The maximum atomic E-state index is 12.8. The van der Waals surface area contributed by atoms with E-state index in [0.717, 1.165) is 25.1 Å². The van der Waals surface area contributed by atoms with Gasteiger partial charge in [-0.3, -0.25) is 0 Å². The molecule has 0 saturated carbocycles. The molecule has 0 radical (unpaired) electrons.